The zero-order valence-electron chi connectivity index (χ0n) is 15.6. The number of aromatic amines is 1. The first-order valence-electron chi connectivity index (χ1n) is 9.04. The van der Waals surface area contributed by atoms with Crippen LogP contribution in [0.25, 0.3) is 0 Å². The van der Waals surface area contributed by atoms with Crippen molar-refractivity contribution < 1.29 is 13.9 Å². The van der Waals surface area contributed by atoms with E-state index in [1.54, 1.807) is 13.2 Å². The summed E-state index contributed by atoms with van der Waals surface area (Å²) in [6.45, 7) is 5.06. The number of piperidine rings is 1. The van der Waals surface area contributed by atoms with Crippen LogP contribution in [-0.4, -0.2) is 47.3 Å². The predicted molar refractivity (Wildman–Crippen MR) is 97.4 cm³/mol. The molecule has 26 heavy (non-hydrogen) atoms. The summed E-state index contributed by atoms with van der Waals surface area (Å²) in [7, 11) is 1.66. The number of benzene rings is 1. The fourth-order valence-electron chi connectivity index (χ4n) is 3.74. The zero-order chi connectivity index (χ0) is 18.7. The number of likely N-dealkylation sites (tertiary alicyclic amines) is 1. The number of ether oxygens (including phenoxy) is 1. The quantitative estimate of drug-likeness (QED) is 0.893. The lowest BCUT2D eigenvalue weighted by molar-refractivity contribution is -0.135. The first-order chi connectivity index (χ1) is 12.5. The summed E-state index contributed by atoms with van der Waals surface area (Å²) in [5, 5.41) is 7.08. The molecule has 1 saturated heterocycles. The Bertz CT molecular complexity index is 755. The number of H-pyrrole nitrogens is 1. The normalized spacial score (nSPS) is 20.4. The van der Waals surface area contributed by atoms with Gasteiger partial charge in [0.1, 0.15) is 5.82 Å². The molecule has 3 rings (SSSR count). The summed E-state index contributed by atoms with van der Waals surface area (Å²) in [5.74, 6) is 0.120. The molecular weight excluding hydrogens is 333 g/mol. The lowest BCUT2D eigenvalue weighted by Gasteiger charge is -2.38. The largest absolute Gasteiger partial charge is 0.379 e. The van der Waals surface area contributed by atoms with Crippen molar-refractivity contribution in [3.8, 4) is 0 Å². The van der Waals surface area contributed by atoms with Crippen LogP contribution in [0.3, 0.4) is 0 Å². The number of hydrogen-bond donors (Lipinski definition) is 1. The van der Waals surface area contributed by atoms with Crippen molar-refractivity contribution in [2.45, 2.75) is 39.2 Å². The van der Waals surface area contributed by atoms with Crippen LogP contribution >= 0.6 is 0 Å². The van der Waals surface area contributed by atoms with Crippen molar-refractivity contribution in [1.82, 2.24) is 15.1 Å². The molecule has 0 bridgehead atoms. The number of rotatable bonds is 5. The maximum Gasteiger partial charge on any atom is 0.227 e. The summed E-state index contributed by atoms with van der Waals surface area (Å²) < 4.78 is 19.6. The Morgan fingerprint density at radius 1 is 1.38 bits per heavy atom. The maximum absolute atomic E-state index is 14.0. The summed E-state index contributed by atoms with van der Waals surface area (Å²) in [5.41, 5.74) is 3.49. The molecule has 2 heterocycles. The number of aryl methyl sites for hydroxylation is 2. The number of carbonyl (C=O) groups is 1. The Labute approximate surface area is 153 Å². The van der Waals surface area contributed by atoms with Crippen LogP contribution in [0.2, 0.25) is 0 Å². The standard InChI is InChI=1S/C20H26FN3O2/c1-13-17(14(2)23-22-13)11-20(25)24-9-8-16(19(12-24)26-3)10-15-6-4-5-7-18(15)21/h4-7,16,19H,8-12H2,1-3H3,(H,22,23)/t16-,19+/m1/s1. The smallest absolute Gasteiger partial charge is 0.227 e. The van der Waals surface area contributed by atoms with Crippen molar-refractivity contribution >= 4 is 5.91 Å². The van der Waals surface area contributed by atoms with Crippen LogP contribution in [0.1, 0.15) is 28.9 Å². The summed E-state index contributed by atoms with van der Waals surface area (Å²) >= 11 is 0. The number of halogens is 1. The predicted octanol–water partition coefficient (Wildman–Crippen LogP) is 2.81. The van der Waals surface area contributed by atoms with E-state index in [4.69, 9.17) is 4.74 Å². The van der Waals surface area contributed by atoms with E-state index < -0.39 is 0 Å². The second-order valence-electron chi connectivity index (χ2n) is 7.05. The first kappa shape index (κ1) is 18.6. The molecule has 5 nitrogen and oxygen atoms in total. The molecule has 6 heteroatoms. The van der Waals surface area contributed by atoms with Gasteiger partial charge in [-0.15, -0.1) is 0 Å². The summed E-state index contributed by atoms with van der Waals surface area (Å²) in [4.78, 5) is 14.6. The third kappa shape index (κ3) is 3.96. The van der Waals surface area contributed by atoms with E-state index in [0.29, 0.717) is 31.5 Å². The third-order valence-electron chi connectivity index (χ3n) is 5.40. The molecule has 2 aromatic rings. The lowest BCUT2D eigenvalue weighted by atomic mass is 9.87. The van der Waals surface area contributed by atoms with Crippen LogP contribution in [-0.2, 0) is 22.4 Å². The van der Waals surface area contributed by atoms with Gasteiger partial charge in [-0.05, 0) is 44.2 Å². The Morgan fingerprint density at radius 2 is 2.15 bits per heavy atom. The number of carbonyl (C=O) groups excluding carboxylic acids is 1. The monoisotopic (exact) mass is 359 g/mol. The van der Waals surface area contributed by atoms with E-state index in [1.165, 1.54) is 6.07 Å². The minimum atomic E-state index is -0.174. The van der Waals surface area contributed by atoms with Crippen LogP contribution in [0.4, 0.5) is 4.39 Å². The number of amides is 1. The molecule has 1 N–H and O–H groups in total. The second-order valence-corrected chi connectivity index (χ2v) is 7.05. The topological polar surface area (TPSA) is 58.2 Å². The van der Waals surface area contributed by atoms with E-state index in [9.17, 15) is 9.18 Å². The van der Waals surface area contributed by atoms with Gasteiger partial charge in [0, 0.05) is 31.5 Å². The number of hydrogen-bond acceptors (Lipinski definition) is 3. The summed E-state index contributed by atoms with van der Waals surface area (Å²) in [6, 6.07) is 6.87. The molecule has 140 valence electrons. The molecule has 1 aromatic heterocycles. The third-order valence-corrected chi connectivity index (χ3v) is 5.40. The van der Waals surface area contributed by atoms with E-state index in [1.807, 2.05) is 30.9 Å². The Morgan fingerprint density at radius 3 is 2.81 bits per heavy atom. The molecule has 0 radical (unpaired) electrons. The van der Waals surface area contributed by atoms with Gasteiger partial charge in [0.05, 0.1) is 18.2 Å². The molecular formula is C20H26FN3O2. The van der Waals surface area contributed by atoms with Gasteiger partial charge in [-0.25, -0.2) is 4.39 Å². The Balaban J connectivity index is 1.64. The molecule has 0 saturated carbocycles. The van der Waals surface area contributed by atoms with Crippen LogP contribution in [0, 0.1) is 25.6 Å². The molecule has 1 aliphatic heterocycles. The van der Waals surface area contributed by atoms with Crippen LogP contribution in [0.5, 0.6) is 0 Å². The van der Waals surface area contributed by atoms with Gasteiger partial charge >= 0.3 is 0 Å². The number of nitrogens with one attached hydrogen (secondary N) is 1. The van der Waals surface area contributed by atoms with E-state index in [-0.39, 0.29) is 23.7 Å². The average Bonchev–Trinajstić information content (AvgIpc) is 2.95. The highest BCUT2D eigenvalue weighted by atomic mass is 19.1. The van der Waals surface area contributed by atoms with Crippen molar-refractivity contribution in [3.63, 3.8) is 0 Å². The molecule has 1 aromatic carbocycles. The van der Waals surface area contributed by atoms with Gasteiger partial charge in [0.25, 0.3) is 0 Å². The maximum atomic E-state index is 14.0. The van der Waals surface area contributed by atoms with Gasteiger partial charge in [0.2, 0.25) is 5.91 Å². The molecule has 1 fully saturated rings. The molecule has 0 spiro atoms. The molecule has 2 atom stereocenters. The van der Waals surface area contributed by atoms with Gasteiger partial charge in [0.15, 0.2) is 0 Å². The number of aromatic nitrogens is 2. The van der Waals surface area contributed by atoms with Gasteiger partial charge < -0.3 is 9.64 Å². The summed E-state index contributed by atoms with van der Waals surface area (Å²) in [6.07, 6.45) is 1.70. The Kier molecular flexibility index (Phi) is 5.71. The average molecular weight is 359 g/mol. The highest BCUT2D eigenvalue weighted by molar-refractivity contribution is 5.79. The van der Waals surface area contributed by atoms with E-state index >= 15 is 0 Å². The molecule has 0 aliphatic carbocycles. The second kappa shape index (κ2) is 7.99. The van der Waals surface area contributed by atoms with Crippen molar-refractivity contribution in [2.75, 3.05) is 20.2 Å². The van der Waals surface area contributed by atoms with E-state index in [0.717, 1.165) is 23.4 Å². The SMILES string of the molecule is CO[C@H]1CN(C(=O)Cc2c(C)n[nH]c2C)CC[C@@H]1Cc1ccccc1F. The number of methoxy groups -OCH3 is 1. The van der Waals surface area contributed by atoms with Crippen molar-refractivity contribution in [3.05, 3.63) is 52.6 Å². The molecule has 1 aliphatic rings. The zero-order valence-corrected chi connectivity index (χ0v) is 15.6. The van der Waals surface area contributed by atoms with Gasteiger partial charge in [-0.2, -0.15) is 5.10 Å². The number of nitrogens with zero attached hydrogens (tertiary/aromatic N) is 2. The minimum absolute atomic E-state index is 0.0844. The first-order valence-corrected chi connectivity index (χ1v) is 9.04. The highest BCUT2D eigenvalue weighted by Crippen LogP contribution is 2.26. The molecule has 0 unspecified atom stereocenters. The van der Waals surface area contributed by atoms with Crippen LogP contribution < -0.4 is 0 Å². The van der Waals surface area contributed by atoms with Crippen molar-refractivity contribution in [2.24, 2.45) is 5.92 Å². The van der Waals surface area contributed by atoms with E-state index in [2.05, 4.69) is 10.2 Å². The minimum Gasteiger partial charge on any atom is -0.379 e. The van der Waals surface area contributed by atoms with Gasteiger partial charge in [-0.1, -0.05) is 18.2 Å². The lowest BCUT2D eigenvalue weighted by Crippen LogP contribution is -2.48. The van der Waals surface area contributed by atoms with Crippen molar-refractivity contribution in [1.29, 1.82) is 0 Å². The molecule has 1 amide bonds. The fourth-order valence-corrected chi connectivity index (χ4v) is 3.74. The van der Waals surface area contributed by atoms with Gasteiger partial charge in [-0.3, -0.25) is 9.89 Å². The van der Waals surface area contributed by atoms with Crippen LogP contribution in [0.15, 0.2) is 24.3 Å². The highest BCUT2D eigenvalue weighted by Gasteiger charge is 2.32. The fraction of sp³-hybridized carbons (Fsp3) is 0.500. The Hall–Kier alpha value is -2.21.